The maximum absolute atomic E-state index is 12.0. The normalized spacial score (nSPS) is 15.4. The zero-order chi connectivity index (χ0) is 13.9. The Hall–Kier alpha value is -2.10. The molecular weight excluding hydrogens is 250 g/mol. The molecule has 4 heteroatoms. The third kappa shape index (κ3) is 2.74. The Morgan fingerprint density at radius 2 is 1.90 bits per heavy atom. The standard InChI is InChI=1S/C16H19N3O/c1-12-10-11-19(18-12)15-8-6-14(7-9-15)17-16(20)13-4-2-3-5-13/h6-11,13H,2-5H2,1H3,(H,17,20). The number of nitrogens with zero attached hydrogens (tertiary/aromatic N) is 2. The van der Waals surface area contributed by atoms with Crippen LogP contribution in [0.2, 0.25) is 0 Å². The summed E-state index contributed by atoms with van der Waals surface area (Å²) in [6.07, 6.45) is 6.33. The van der Waals surface area contributed by atoms with E-state index in [1.807, 2.05) is 48.1 Å². The highest BCUT2D eigenvalue weighted by Gasteiger charge is 2.22. The Balaban J connectivity index is 1.68. The highest BCUT2D eigenvalue weighted by molar-refractivity contribution is 5.92. The molecule has 1 heterocycles. The molecular formula is C16H19N3O. The van der Waals surface area contributed by atoms with E-state index < -0.39 is 0 Å². The smallest absolute Gasteiger partial charge is 0.227 e. The fourth-order valence-corrected chi connectivity index (χ4v) is 2.69. The number of aryl methyl sites for hydroxylation is 1. The minimum absolute atomic E-state index is 0.158. The van der Waals surface area contributed by atoms with Crippen LogP contribution in [0.15, 0.2) is 36.5 Å². The zero-order valence-electron chi connectivity index (χ0n) is 11.7. The van der Waals surface area contributed by atoms with Crippen molar-refractivity contribution in [2.75, 3.05) is 5.32 Å². The van der Waals surface area contributed by atoms with E-state index in [1.54, 1.807) is 0 Å². The number of carbonyl (C=O) groups is 1. The summed E-state index contributed by atoms with van der Waals surface area (Å²) in [5.41, 5.74) is 2.84. The minimum Gasteiger partial charge on any atom is -0.326 e. The lowest BCUT2D eigenvalue weighted by Crippen LogP contribution is -2.20. The summed E-state index contributed by atoms with van der Waals surface area (Å²) in [5, 5.41) is 7.36. The fourth-order valence-electron chi connectivity index (χ4n) is 2.69. The van der Waals surface area contributed by atoms with Gasteiger partial charge in [-0.1, -0.05) is 12.8 Å². The Morgan fingerprint density at radius 1 is 1.20 bits per heavy atom. The summed E-state index contributed by atoms with van der Waals surface area (Å²) in [5.74, 6) is 0.355. The molecule has 1 fully saturated rings. The average molecular weight is 269 g/mol. The molecule has 1 saturated carbocycles. The lowest BCUT2D eigenvalue weighted by molar-refractivity contribution is -0.119. The monoisotopic (exact) mass is 269 g/mol. The van der Waals surface area contributed by atoms with Gasteiger partial charge in [-0.25, -0.2) is 4.68 Å². The molecule has 1 aromatic carbocycles. The van der Waals surface area contributed by atoms with Crippen molar-refractivity contribution in [3.05, 3.63) is 42.2 Å². The number of benzene rings is 1. The molecule has 1 aliphatic rings. The lowest BCUT2D eigenvalue weighted by atomic mass is 10.1. The predicted molar refractivity (Wildman–Crippen MR) is 78.9 cm³/mol. The first kappa shape index (κ1) is 12.9. The third-order valence-corrected chi connectivity index (χ3v) is 3.85. The van der Waals surface area contributed by atoms with Gasteiger partial charge in [-0.2, -0.15) is 5.10 Å². The third-order valence-electron chi connectivity index (χ3n) is 3.85. The summed E-state index contributed by atoms with van der Waals surface area (Å²) in [6.45, 7) is 1.96. The van der Waals surface area contributed by atoms with E-state index in [9.17, 15) is 4.79 Å². The van der Waals surface area contributed by atoms with Crippen LogP contribution in [0.3, 0.4) is 0 Å². The Morgan fingerprint density at radius 3 is 2.50 bits per heavy atom. The molecule has 0 radical (unpaired) electrons. The number of amides is 1. The summed E-state index contributed by atoms with van der Waals surface area (Å²) in [6, 6.07) is 9.77. The maximum Gasteiger partial charge on any atom is 0.227 e. The second-order valence-electron chi connectivity index (χ2n) is 5.42. The van der Waals surface area contributed by atoms with Crippen LogP contribution in [0.4, 0.5) is 5.69 Å². The van der Waals surface area contributed by atoms with Crippen molar-refractivity contribution < 1.29 is 4.79 Å². The number of carbonyl (C=O) groups excluding carboxylic acids is 1. The Labute approximate surface area is 118 Å². The summed E-state index contributed by atoms with van der Waals surface area (Å²) in [4.78, 5) is 12.0. The molecule has 0 unspecified atom stereocenters. The fraction of sp³-hybridized carbons (Fsp3) is 0.375. The molecule has 1 aliphatic carbocycles. The van der Waals surface area contributed by atoms with Crippen LogP contribution in [0, 0.1) is 12.8 Å². The number of hydrogen-bond acceptors (Lipinski definition) is 2. The van der Waals surface area contributed by atoms with Gasteiger partial charge >= 0.3 is 0 Å². The van der Waals surface area contributed by atoms with Crippen LogP contribution in [-0.2, 0) is 4.79 Å². The number of aromatic nitrogens is 2. The van der Waals surface area contributed by atoms with Crippen LogP contribution in [-0.4, -0.2) is 15.7 Å². The highest BCUT2D eigenvalue weighted by Crippen LogP contribution is 2.26. The van der Waals surface area contributed by atoms with Gasteiger partial charge in [0.05, 0.1) is 11.4 Å². The first-order valence-electron chi connectivity index (χ1n) is 7.16. The Kier molecular flexibility index (Phi) is 3.54. The van der Waals surface area contributed by atoms with Crippen LogP contribution < -0.4 is 5.32 Å². The molecule has 104 valence electrons. The molecule has 1 N–H and O–H groups in total. The second kappa shape index (κ2) is 5.49. The molecule has 1 aromatic heterocycles. The van der Waals surface area contributed by atoms with Gasteiger partial charge in [-0.05, 0) is 50.1 Å². The number of nitrogens with one attached hydrogen (secondary N) is 1. The van der Waals surface area contributed by atoms with E-state index in [1.165, 1.54) is 12.8 Å². The molecule has 20 heavy (non-hydrogen) atoms. The van der Waals surface area contributed by atoms with Crippen molar-refractivity contribution in [2.24, 2.45) is 5.92 Å². The van der Waals surface area contributed by atoms with Crippen molar-refractivity contribution in [3.63, 3.8) is 0 Å². The minimum atomic E-state index is 0.158. The van der Waals surface area contributed by atoms with E-state index in [0.717, 1.165) is 29.9 Å². The zero-order valence-corrected chi connectivity index (χ0v) is 11.7. The van der Waals surface area contributed by atoms with Gasteiger partial charge in [0.25, 0.3) is 0 Å². The van der Waals surface area contributed by atoms with Crippen molar-refractivity contribution in [1.29, 1.82) is 0 Å². The van der Waals surface area contributed by atoms with Gasteiger partial charge in [-0.3, -0.25) is 4.79 Å². The number of rotatable bonds is 3. The summed E-state index contributed by atoms with van der Waals surface area (Å²) in [7, 11) is 0. The second-order valence-corrected chi connectivity index (χ2v) is 5.42. The SMILES string of the molecule is Cc1ccn(-c2ccc(NC(=O)C3CCCC3)cc2)n1. The quantitative estimate of drug-likeness (QED) is 0.929. The van der Waals surface area contributed by atoms with Crippen molar-refractivity contribution in [2.45, 2.75) is 32.6 Å². The van der Waals surface area contributed by atoms with Gasteiger partial charge in [0.15, 0.2) is 0 Å². The number of anilines is 1. The van der Waals surface area contributed by atoms with Gasteiger partial charge in [0.1, 0.15) is 0 Å². The van der Waals surface area contributed by atoms with Crippen molar-refractivity contribution >= 4 is 11.6 Å². The van der Waals surface area contributed by atoms with Crippen LogP contribution in [0.1, 0.15) is 31.4 Å². The van der Waals surface area contributed by atoms with Gasteiger partial charge < -0.3 is 5.32 Å². The summed E-state index contributed by atoms with van der Waals surface area (Å²) >= 11 is 0. The van der Waals surface area contributed by atoms with E-state index in [4.69, 9.17) is 0 Å². The summed E-state index contributed by atoms with van der Waals surface area (Å²) < 4.78 is 1.83. The largest absolute Gasteiger partial charge is 0.326 e. The maximum atomic E-state index is 12.0. The molecule has 0 bridgehead atoms. The molecule has 0 aliphatic heterocycles. The van der Waals surface area contributed by atoms with Crippen molar-refractivity contribution in [1.82, 2.24) is 9.78 Å². The lowest BCUT2D eigenvalue weighted by Gasteiger charge is -2.10. The van der Waals surface area contributed by atoms with Gasteiger partial charge in [-0.15, -0.1) is 0 Å². The molecule has 1 amide bonds. The van der Waals surface area contributed by atoms with Crippen LogP contribution in [0.25, 0.3) is 5.69 Å². The average Bonchev–Trinajstić information content (AvgIpc) is 3.10. The molecule has 3 rings (SSSR count). The van der Waals surface area contributed by atoms with Crippen LogP contribution >= 0.6 is 0 Å². The Bertz CT molecular complexity index is 594. The van der Waals surface area contributed by atoms with E-state index in [2.05, 4.69) is 10.4 Å². The molecule has 0 saturated heterocycles. The van der Waals surface area contributed by atoms with E-state index in [0.29, 0.717) is 0 Å². The van der Waals surface area contributed by atoms with Crippen LogP contribution in [0.5, 0.6) is 0 Å². The van der Waals surface area contributed by atoms with Gasteiger partial charge in [0, 0.05) is 17.8 Å². The molecule has 0 atom stereocenters. The van der Waals surface area contributed by atoms with E-state index in [-0.39, 0.29) is 11.8 Å². The van der Waals surface area contributed by atoms with Crippen molar-refractivity contribution in [3.8, 4) is 5.69 Å². The first-order chi connectivity index (χ1) is 9.72. The van der Waals surface area contributed by atoms with E-state index >= 15 is 0 Å². The topological polar surface area (TPSA) is 46.9 Å². The molecule has 4 nitrogen and oxygen atoms in total. The molecule has 0 spiro atoms. The predicted octanol–water partition coefficient (Wildman–Crippen LogP) is 3.31. The highest BCUT2D eigenvalue weighted by atomic mass is 16.1. The first-order valence-corrected chi connectivity index (χ1v) is 7.16. The number of hydrogen-bond donors (Lipinski definition) is 1. The van der Waals surface area contributed by atoms with Gasteiger partial charge in [0.2, 0.25) is 5.91 Å². The molecule has 2 aromatic rings.